The standard InChI is InChI=1S/C27H29N3O2S/c1-27(2,3)21-16-14-20(15-17-21)19-33-26-29-28-25(30(26)22-10-6-5-7-11-22)18-32-24-13-9-8-12-23(24)31-4/h5-17H,18-19H2,1-4H3. The molecule has 0 aliphatic carbocycles. The Balaban J connectivity index is 1.55. The first-order chi connectivity index (χ1) is 16.0. The number of rotatable bonds is 8. The molecule has 170 valence electrons. The van der Waals surface area contributed by atoms with Crippen molar-refractivity contribution in [2.75, 3.05) is 7.11 Å². The molecule has 0 bridgehead atoms. The molecule has 0 aliphatic rings. The summed E-state index contributed by atoms with van der Waals surface area (Å²) in [6.07, 6.45) is 0. The summed E-state index contributed by atoms with van der Waals surface area (Å²) in [5.41, 5.74) is 3.74. The van der Waals surface area contributed by atoms with Crippen LogP contribution in [0.3, 0.4) is 0 Å². The van der Waals surface area contributed by atoms with Crippen LogP contribution in [0, 0.1) is 0 Å². The van der Waals surface area contributed by atoms with Gasteiger partial charge in [0.2, 0.25) is 0 Å². The molecule has 0 atom stereocenters. The summed E-state index contributed by atoms with van der Waals surface area (Å²) >= 11 is 1.67. The highest BCUT2D eigenvalue weighted by Gasteiger charge is 2.17. The van der Waals surface area contributed by atoms with Gasteiger partial charge >= 0.3 is 0 Å². The second kappa shape index (κ2) is 10.1. The molecule has 0 fully saturated rings. The van der Waals surface area contributed by atoms with Crippen LogP contribution in [-0.2, 0) is 17.8 Å². The van der Waals surface area contributed by atoms with E-state index in [-0.39, 0.29) is 12.0 Å². The van der Waals surface area contributed by atoms with Crippen molar-refractivity contribution in [3.63, 3.8) is 0 Å². The highest BCUT2D eigenvalue weighted by molar-refractivity contribution is 7.98. The van der Waals surface area contributed by atoms with Gasteiger partial charge in [-0.15, -0.1) is 10.2 Å². The van der Waals surface area contributed by atoms with E-state index in [0.717, 1.165) is 22.4 Å². The summed E-state index contributed by atoms with van der Waals surface area (Å²) < 4.78 is 13.5. The summed E-state index contributed by atoms with van der Waals surface area (Å²) in [7, 11) is 1.64. The Labute approximate surface area is 199 Å². The number of para-hydroxylation sites is 3. The maximum atomic E-state index is 6.04. The van der Waals surface area contributed by atoms with Crippen LogP contribution in [0.2, 0.25) is 0 Å². The van der Waals surface area contributed by atoms with Gasteiger partial charge in [0.15, 0.2) is 22.5 Å². The zero-order chi connectivity index (χ0) is 23.3. The Hall–Kier alpha value is -3.25. The Bertz CT molecular complexity index is 1180. The van der Waals surface area contributed by atoms with Crippen molar-refractivity contribution in [1.82, 2.24) is 14.8 Å². The number of hydrogen-bond acceptors (Lipinski definition) is 5. The third-order valence-corrected chi connectivity index (χ3v) is 6.33. The van der Waals surface area contributed by atoms with Gasteiger partial charge in [0.1, 0.15) is 6.61 Å². The van der Waals surface area contributed by atoms with Crippen LogP contribution in [0.4, 0.5) is 0 Å². The number of thioether (sulfide) groups is 1. The number of ether oxygens (including phenoxy) is 2. The minimum atomic E-state index is 0.148. The van der Waals surface area contributed by atoms with Crippen LogP contribution in [-0.4, -0.2) is 21.9 Å². The van der Waals surface area contributed by atoms with E-state index in [1.165, 1.54) is 11.1 Å². The molecular formula is C27H29N3O2S. The first-order valence-electron chi connectivity index (χ1n) is 10.9. The van der Waals surface area contributed by atoms with Gasteiger partial charge in [0, 0.05) is 11.4 Å². The lowest BCUT2D eigenvalue weighted by molar-refractivity contribution is 0.274. The van der Waals surface area contributed by atoms with Gasteiger partial charge in [0.05, 0.1) is 7.11 Å². The summed E-state index contributed by atoms with van der Waals surface area (Å²) in [6, 6.07) is 26.6. The molecule has 0 amide bonds. The molecule has 33 heavy (non-hydrogen) atoms. The third kappa shape index (κ3) is 5.57. The Morgan fingerprint density at radius 2 is 1.48 bits per heavy atom. The summed E-state index contributed by atoms with van der Waals surface area (Å²) in [5.74, 6) is 2.91. The molecule has 1 aromatic heterocycles. The van der Waals surface area contributed by atoms with Crippen molar-refractivity contribution in [2.24, 2.45) is 0 Å². The predicted octanol–water partition coefficient (Wildman–Crippen LogP) is 6.44. The van der Waals surface area contributed by atoms with Gasteiger partial charge in [-0.05, 0) is 40.8 Å². The number of methoxy groups -OCH3 is 1. The fraction of sp³-hybridized carbons (Fsp3) is 0.259. The highest BCUT2D eigenvalue weighted by atomic mass is 32.2. The van der Waals surface area contributed by atoms with Crippen LogP contribution in [0.1, 0.15) is 37.7 Å². The number of hydrogen-bond donors (Lipinski definition) is 0. The Kier molecular flexibility index (Phi) is 7.04. The average molecular weight is 460 g/mol. The van der Waals surface area contributed by atoms with E-state index in [0.29, 0.717) is 11.5 Å². The minimum Gasteiger partial charge on any atom is -0.493 e. The van der Waals surface area contributed by atoms with Crippen LogP contribution in [0.25, 0.3) is 5.69 Å². The molecule has 0 N–H and O–H groups in total. The van der Waals surface area contributed by atoms with E-state index in [1.807, 2.05) is 42.5 Å². The molecule has 3 aromatic carbocycles. The van der Waals surface area contributed by atoms with E-state index < -0.39 is 0 Å². The molecule has 0 saturated carbocycles. The molecule has 1 heterocycles. The zero-order valence-electron chi connectivity index (χ0n) is 19.5. The van der Waals surface area contributed by atoms with Crippen molar-refractivity contribution in [2.45, 2.75) is 43.7 Å². The monoisotopic (exact) mass is 459 g/mol. The number of nitrogens with zero attached hydrogens (tertiary/aromatic N) is 3. The Morgan fingerprint density at radius 3 is 2.15 bits per heavy atom. The normalized spacial score (nSPS) is 11.4. The van der Waals surface area contributed by atoms with Gasteiger partial charge in [-0.3, -0.25) is 4.57 Å². The lowest BCUT2D eigenvalue weighted by atomic mass is 9.87. The second-order valence-electron chi connectivity index (χ2n) is 8.74. The molecule has 6 heteroatoms. The Morgan fingerprint density at radius 1 is 0.818 bits per heavy atom. The average Bonchev–Trinajstić information content (AvgIpc) is 3.24. The molecular weight excluding hydrogens is 430 g/mol. The largest absolute Gasteiger partial charge is 0.493 e. The van der Waals surface area contributed by atoms with Crippen molar-refractivity contribution < 1.29 is 9.47 Å². The van der Waals surface area contributed by atoms with Crippen molar-refractivity contribution in [3.8, 4) is 17.2 Å². The zero-order valence-corrected chi connectivity index (χ0v) is 20.3. The maximum Gasteiger partial charge on any atom is 0.196 e. The van der Waals surface area contributed by atoms with Crippen molar-refractivity contribution in [1.29, 1.82) is 0 Å². The smallest absolute Gasteiger partial charge is 0.196 e. The summed E-state index contributed by atoms with van der Waals surface area (Å²) in [6.45, 7) is 6.97. The molecule has 5 nitrogen and oxygen atoms in total. The van der Waals surface area contributed by atoms with E-state index in [4.69, 9.17) is 9.47 Å². The molecule has 0 radical (unpaired) electrons. The SMILES string of the molecule is COc1ccccc1OCc1nnc(SCc2ccc(C(C)(C)C)cc2)n1-c1ccccc1. The van der Waals surface area contributed by atoms with Gasteiger partial charge in [-0.2, -0.15) is 0 Å². The second-order valence-corrected chi connectivity index (χ2v) is 9.69. The fourth-order valence-corrected chi connectivity index (χ4v) is 4.38. The highest BCUT2D eigenvalue weighted by Crippen LogP contribution is 2.29. The molecule has 4 aromatic rings. The first kappa shape index (κ1) is 22.9. The summed E-state index contributed by atoms with van der Waals surface area (Å²) in [5, 5.41) is 9.77. The molecule has 0 aliphatic heterocycles. The van der Waals surface area contributed by atoms with Crippen molar-refractivity contribution >= 4 is 11.8 Å². The molecule has 0 spiro atoms. The van der Waals surface area contributed by atoms with E-state index in [1.54, 1.807) is 18.9 Å². The third-order valence-electron chi connectivity index (χ3n) is 5.33. The van der Waals surface area contributed by atoms with E-state index in [9.17, 15) is 0 Å². The molecule has 0 saturated heterocycles. The van der Waals surface area contributed by atoms with Gasteiger partial charge in [-0.25, -0.2) is 0 Å². The van der Waals surface area contributed by atoms with E-state index in [2.05, 4.69) is 71.9 Å². The lowest BCUT2D eigenvalue weighted by Gasteiger charge is -2.19. The van der Waals surface area contributed by atoms with Crippen molar-refractivity contribution in [3.05, 3.63) is 95.8 Å². The molecule has 0 unspecified atom stereocenters. The topological polar surface area (TPSA) is 49.2 Å². The van der Waals surface area contributed by atoms with Gasteiger partial charge in [0.25, 0.3) is 0 Å². The first-order valence-corrected chi connectivity index (χ1v) is 11.9. The van der Waals surface area contributed by atoms with Crippen LogP contribution in [0.5, 0.6) is 11.5 Å². The van der Waals surface area contributed by atoms with E-state index >= 15 is 0 Å². The van der Waals surface area contributed by atoms with Crippen LogP contribution >= 0.6 is 11.8 Å². The minimum absolute atomic E-state index is 0.148. The maximum absolute atomic E-state index is 6.04. The van der Waals surface area contributed by atoms with Gasteiger partial charge < -0.3 is 9.47 Å². The number of aromatic nitrogens is 3. The quantitative estimate of drug-likeness (QED) is 0.284. The number of benzene rings is 3. The van der Waals surface area contributed by atoms with Gasteiger partial charge in [-0.1, -0.05) is 87.1 Å². The summed E-state index contributed by atoms with van der Waals surface area (Å²) in [4.78, 5) is 0. The fourth-order valence-electron chi connectivity index (χ4n) is 3.45. The molecule has 4 rings (SSSR count). The van der Waals surface area contributed by atoms with Crippen LogP contribution < -0.4 is 9.47 Å². The van der Waals surface area contributed by atoms with Crippen LogP contribution in [0.15, 0.2) is 84.0 Å². The lowest BCUT2D eigenvalue weighted by Crippen LogP contribution is -2.10. The predicted molar refractivity (Wildman–Crippen MR) is 133 cm³/mol.